The molecule has 0 amide bonds. The zero-order valence-corrected chi connectivity index (χ0v) is 29.6. The largest absolute Gasteiger partial charge is 0.455 e. The molecule has 0 spiro atoms. The van der Waals surface area contributed by atoms with E-state index >= 15 is 0 Å². The molecule has 2 heteroatoms. The van der Waals surface area contributed by atoms with E-state index in [0.717, 1.165) is 50.5 Å². The van der Waals surface area contributed by atoms with Crippen LogP contribution in [0.15, 0.2) is 217 Å². The van der Waals surface area contributed by atoms with E-state index in [2.05, 4.69) is 211 Å². The van der Waals surface area contributed by atoms with Gasteiger partial charge < -0.3 is 9.32 Å². The van der Waals surface area contributed by atoms with Gasteiger partial charge in [-0.2, -0.15) is 0 Å². The lowest BCUT2D eigenvalue weighted by Crippen LogP contribution is -2.10. The van der Waals surface area contributed by atoms with E-state index in [0.29, 0.717) is 0 Å². The first-order valence-corrected chi connectivity index (χ1v) is 18.4. The Morgan fingerprint density at radius 1 is 0.315 bits per heavy atom. The van der Waals surface area contributed by atoms with Gasteiger partial charge in [0.15, 0.2) is 0 Å². The predicted molar refractivity (Wildman–Crippen MR) is 228 cm³/mol. The summed E-state index contributed by atoms with van der Waals surface area (Å²) in [7, 11) is 0. The summed E-state index contributed by atoms with van der Waals surface area (Å²) in [5, 5.41) is 5.97. The second-order valence-corrected chi connectivity index (χ2v) is 13.7. The Bertz CT molecular complexity index is 2920. The first-order valence-electron chi connectivity index (χ1n) is 18.4. The fraction of sp³-hybridized carbons (Fsp3) is 0. The smallest absolute Gasteiger partial charge is 0.143 e. The lowest BCUT2D eigenvalue weighted by Gasteiger charge is -2.28. The third kappa shape index (κ3) is 5.62. The van der Waals surface area contributed by atoms with Crippen molar-refractivity contribution < 1.29 is 4.42 Å². The van der Waals surface area contributed by atoms with E-state index in [1.807, 2.05) is 6.07 Å². The van der Waals surface area contributed by atoms with Crippen LogP contribution in [0.3, 0.4) is 0 Å². The number of anilines is 3. The summed E-state index contributed by atoms with van der Waals surface area (Å²) in [6.45, 7) is 0. The molecule has 254 valence electrons. The van der Waals surface area contributed by atoms with Crippen molar-refractivity contribution in [2.75, 3.05) is 4.90 Å². The fourth-order valence-corrected chi connectivity index (χ4v) is 7.89. The first kappa shape index (κ1) is 31.6. The molecule has 0 N–H and O–H groups in total. The lowest BCUT2D eigenvalue weighted by molar-refractivity contribution is 0.632. The molecule has 0 saturated heterocycles. The van der Waals surface area contributed by atoms with Crippen molar-refractivity contribution in [1.82, 2.24) is 0 Å². The van der Waals surface area contributed by atoms with Crippen LogP contribution in [-0.2, 0) is 0 Å². The predicted octanol–water partition coefficient (Wildman–Crippen LogP) is 14.9. The van der Waals surface area contributed by atoms with Crippen LogP contribution in [-0.4, -0.2) is 0 Å². The Hall–Kier alpha value is -7.16. The standard InChI is InChI=1S/C52H35NO/c1-3-15-36(16-4-1)39-20-13-21-40(33-39)37-29-31-43(32-30-37)53(49-35-41-19-7-8-24-45(41)46-25-9-10-26-47(46)49)44-23-14-22-42(34-44)52-51(38-17-5-2-6-18-38)48-27-11-12-28-50(48)54-52/h1-35H. The van der Waals surface area contributed by atoms with Gasteiger partial charge in [0, 0.05) is 33.3 Å². The third-order valence-corrected chi connectivity index (χ3v) is 10.4. The summed E-state index contributed by atoms with van der Waals surface area (Å²) in [4.78, 5) is 2.40. The molecule has 0 aliphatic heterocycles. The lowest BCUT2D eigenvalue weighted by atomic mass is 9.97. The highest BCUT2D eigenvalue weighted by molar-refractivity contribution is 6.14. The van der Waals surface area contributed by atoms with Crippen LogP contribution in [0.25, 0.3) is 77.2 Å². The van der Waals surface area contributed by atoms with Gasteiger partial charge in [-0.05, 0) is 86.4 Å². The average Bonchev–Trinajstić information content (AvgIpc) is 3.65. The van der Waals surface area contributed by atoms with Gasteiger partial charge in [0.25, 0.3) is 0 Å². The van der Waals surface area contributed by atoms with Crippen LogP contribution >= 0.6 is 0 Å². The molecule has 1 aromatic heterocycles. The number of hydrogen-bond acceptors (Lipinski definition) is 2. The zero-order valence-electron chi connectivity index (χ0n) is 29.6. The Morgan fingerprint density at radius 3 is 1.63 bits per heavy atom. The summed E-state index contributed by atoms with van der Waals surface area (Å²) in [5.74, 6) is 0.862. The minimum Gasteiger partial charge on any atom is -0.455 e. The highest BCUT2D eigenvalue weighted by Gasteiger charge is 2.21. The monoisotopic (exact) mass is 689 g/mol. The van der Waals surface area contributed by atoms with Gasteiger partial charge in [-0.25, -0.2) is 0 Å². The minimum atomic E-state index is 0.862. The molecule has 10 aromatic rings. The number of fused-ring (bicyclic) bond motifs is 4. The number of furan rings is 1. The molecule has 0 aliphatic carbocycles. The summed E-state index contributed by atoms with van der Waals surface area (Å²) >= 11 is 0. The molecule has 0 aliphatic rings. The van der Waals surface area contributed by atoms with Gasteiger partial charge >= 0.3 is 0 Å². The molecule has 10 rings (SSSR count). The van der Waals surface area contributed by atoms with Crippen LogP contribution in [0.5, 0.6) is 0 Å². The summed E-state index contributed by atoms with van der Waals surface area (Å²) in [6.07, 6.45) is 0. The maximum absolute atomic E-state index is 6.70. The van der Waals surface area contributed by atoms with E-state index in [9.17, 15) is 0 Å². The van der Waals surface area contributed by atoms with Crippen molar-refractivity contribution in [2.24, 2.45) is 0 Å². The summed E-state index contributed by atoms with van der Waals surface area (Å²) in [6, 6.07) is 75.8. The number of hydrogen-bond donors (Lipinski definition) is 0. The van der Waals surface area contributed by atoms with Crippen molar-refractivity contribution in [3.8, 4) is 44.7 Å². The van der Waals surface area contributed by atoms with Crippen LogP contribution in [0, 0.1) is 0 Å². The van der Waals surface area contributed by atoms with Crippen molar-refractivity contribution in [3.05, 3.63) is 212 Å². The molecule has 2 nitrogen and oxygen atoms in total. The maximum Gasteiger partial charge on any atom is 0.143 e. The molecular weight excluding hydrogens is 655 g/mol. The number of para-hydroxylation sites is 1. The second kappa shape index (κ2) is 13.4. The molecule has 0 atom stereocenters. The normalized spacial score (nSPS) is 11.3. The van der Waals surface area contributed by atoms with Crippen molar-refractivity contribution in [1.29, 1.82) is 0 Å². The van der Waals surface area contributed by atoms with E-state index in [1.54, 1.807) is 0 Å². The topological polar surface area (TPSA) is 16.4 Å². The Balaban J connectivity index is 1.15. The molecule has 9 aromatic carbocycles. The van der Waals surface area contributed by atoms with Gasteiger partial charge in [0.05, 0.1) is 5.69 Å². The first-order chi connectivity index (χ1) is 26.8. The molecule has 0 bridgehead atoms. The minimum absolute atomic E-state index is 0.862. The van der Waals surface area contributed by atoms with Crippen LogP contribution in [0.2, 0.25) is 0 Å². The molecule has 0 radical (unpaired) electrons. The average molecular weight is 690 g/mol. The third-order valence-electron chi connectivity index (χ3n) is 10.4. The van der Waals surface area contributed by atoms with Gasteiger partial charge in [-0.3, -0.25) is 0 Å². The van der Waals surface area contributed by atoms with Gasteiger partial charge in [-0.15, -0.1) is 0 Å². The Kier molecular flexibility index (Phi) is 7.85. The van der Waals surface area contributed by atoms with E-state index in [-0.39, 0.29) is 0 Å². The van der Waals surface area contributed by atoms with Crippen LogP contribution in [0.4, 0.5) is 17.1 Å². The SMILES string of the molecule is c1ccc(-c2cccc(-c3ccc(N(c4cccc(-c5oc6ccccc6c5-c5ccccc5)c4)c4cc5ccccc5c5ccccc45)cc3)c2)cc1. The van der Waals surface area contributed by atoms with E-state index in [4.69, 9.17) is 4.42 Å². The van der Waals surface area contributed by atoms with Gasteiger partial charge in [0.1, 0.15) is 11.3 Å². The fourth-order valence-electron chi connectivity index (χ4n) is 7.89. The zero-order chi connectivity index (χ0) is 35.8. The van der Waals surface area contributed by atoms with E-state index < -0.39 is 0 Å². The molecule has 0 saturated carbocycles. The maximum atomic E-state index is 6.70. The van der Waals surface area contributed by atoms with Gasteiger partial charge in [0.2, 0.25) is 0 Å². The Labute approximate surface area is 314 Å². The van der Waals surface area contributed by atoms with Crippen LogP contribution < -0.4 is 4.90 Å². The number of benzene rings is 9. The van der Waals surface area contributed by atoms with Crippen molar-refractivity contribution in [2.45, 2.75) is 0 Å². The Morgan fingerprint density at radius 2 is 0.870 bits per heavy atom. The van der Waals surface area contributed by atoms with Crippen LogP contribution in [0.1, 0.15) is 0 Å². The van der Waals surface area contributed by atoms with Crippen molar-refractivity contribution >= 4 is 49.6 Å². The van der Waals surface area contributed by atoms with E-state index in [1.165, 1.54) is 43.8 Å². The number of rotatable bonds is 7. The molecule has 54 heavy (non-hydrogen) atoms. The number of nitrogens with zero attached hydrogens (tertiary/aromatic N) is 1. The second-order valence-electron chi connectivity index (χ2n) is 13.7. The molecule has 1 heterocycles. The van der Waals surface area contributed by atoms with Crippen molar-refractivity contribution in [3.63, 3.8) is 0 Å². The summed E-state index contributed by atoms with van der Waals surface area (Å²) in [5.41, 5.74) is 12.1. The molecule has 0 fully saturated rings. The highest BCUT2D eigenvalue weighted by Crippen LogP contribution is 2.46. The van der Waals surface area contributed by atoms with Gasteiger partial charge in [-0.1, -0.05) is 170 Å². The molecular formula is C52H35NO. The summed E-state index contributed by atoms with van der Waals surface area (Å²) < 4.78 is 6.70. The quantitative estimate of drug-likeness (QED) is 0.155. The molecule has 0 unspecified atom stereocenters. The highest BCUT2D eigenvalue weighted by atomic mass is 16.3.